The first kappa shape index (κ1) is 12.3. The monoisotopic (exact) mass is 275 g/mol. The normalized spacial score (nSPS) is 13.2. The van der Waals surface area contributed by atoms with Crippen molar-refractivity contribution in [2.75, 3.05) is 6.61 Å². The molecule has 0 amide bonds. The second kappa shape index (κ2) is 4.74. The van der Waals surface area contributed by atoms with Crippen molar-refractivity contribution < 1.29 is 4.74 Å². The number of ether oxygens (including phenoxy) is 1. The number of aromatic nitrogens is 1. The Morgan fingerprint density at radius 3 is 3.11 bits per heavy atom. The molecule has 0 atom stereocenters. The second-order valence-corrected chi connectivity index (χ2v) is 5.21. The average Bonchev–Trinajstić information content (AvgIpc) is 2.83. The quantitative estimate of drug-likeness (QED) is 0.844. The Morgan fingerprint density at radius 2 is 2.26 bits per heavy atom. The summed E-state index contributed by atoms with van der Waals surface area (Å²) in [6, 6.07) is 7.51. The van der Waals surface area contributed by atoms with Crippen LogP contribution in [-0.2, 0) is 13.0 Å². The zero-order valence-electron chi connectivity index (χ0n) is 10.6. The fourth-order valence-electron chi connectivity index (χ4n) is 2.43. The van der Waals surface area contributed by atoms with Crippen LogP contribution in [0.1, 0.15) is 16.7 Å². The predicted octanol–water partition coefficient (Wildman–Crippen LogP) is 2.79. The summed E-state index contributed by atoms with van der Waals surface area (Å²) in [5, 5.41) is 0.694. The van der Waals surface area contributed by atoms with Gasteiger partial charge in [-0.15, -0.1) is 0 Å². The molecule has 0 fully saturated rings. The minimum absolute atomic E-state index is 0.0224. The van der Waals surface area contributed by atoms with Crippen molar-refractivity contribution in [1.82, 2.24) is 4.57 Å². The third-order valence-corrected chi connectivity index (χ3v) is 3.59. The number of pyridine rings is 1. The first-order valence-electron chi connectivity index (χ1n) is 6.25. The van der Waals surface area contributed by atoms with E-state index in [1.165, 1.54) is 0 Å². The van der Waals surface area contributed by atoms with E-state index < -0.39 is 0 Å². The van der Waals surface area contributed by atoms with Crippen molar-refractivity contribution in [3.63, 3.8) is 0 Å². The molecule has 0 unspecified atom stereocenters. The summed E-state index contributed by atoms with van der Waals surface area (Å²) < 4.78 is 7.34. The standard InChI is InChI=1S/C15H14ClNO2/c1-10-3-2-5-17(15(10)18)9-12-8-13(16)7-11-4-6-19-14(11)12/h2-3,5,7-8H,4,6,9H2,1H3. The minimum atomic E-state index is 0.0224. The van der Waals surface area contributed by atoms with Crippen LogP contribution in [0, 0.1) is 6.92 Å². The van der Waals surface area contributed by atoms with E-state index in [-0.39, 0.29) is 5.56 Å². The van der Waals surface area contributed by atoms with Gasteiger partial charge in [0.15, 0.2) is 0 Å². The molecular formula is C15H14ClNO2. The number of aryl methyl sites for hydroxylation is 1. The number of halogens is 1. The van der Waals surface area contributed by atoms with Gasteiger partial charge in [-0.2, -0.15) is 0 Å². The Hall–Kier alpha value is -1.74. The largest absolute Gasteiger partial charge is 0.493 e. The second-order valence-electron chi connectivity index (χ2n) is 4.78. The average molecular weight is 276 g/mol. The third-order valence-electron chi connectivity index (χ3n) is 3.38. The topological polar surface area (TPSA) is 31.2 Å². The van der Waals surface area contributed by atoms with Crippen LogP contribution in [0.15, 0.2) is 35.3 Å². The van der Waals surface area contributed by atoms with Crippen LogP contribution in [0.4, 0.5) is 0 Å². The van der Waals surface area contributed by atoms with Crippen molar-refractivity contribution in [1.29, 1.82) is 0 Å². The van der Waals surface area contributed by atoms with E-state index in [2.05, 4.69) is 0 Å². The molecule has 1 aromatic carbocycles. The summed E-state index contributed by atoms with van der Waals surface area (Å²) in [6.45, 7) is 2.99. The fourth-order valence-corrected chi connectivity index (χ4v) is 2.69. The number of nitrogens with zero attached hydrogens (tertiary/aromatic N) is 1. The Kier molecular flexibility index (Phi) is 3.07. The molecule has 19 heavy (non-hydrogen) atoms. The molecule has 2 heterocycles. The van der Waals surface area contributed by atoms with Crippen LogP contribution in [-0.4, -0.2) is 11.2 Å². The van der Waals surface area contributed by atoms with Crippen LogP contribution in [0.5, 0.6) is 5.75 Å². The van der Waals surface area contributed by atoms with Gasteiger partial charge < -0.3 is 9.30 Å². The predicted molar refractivity (Wildman–Crippen MR) is 75.2 cm³/mol. The highest BCUT2D eigenvalue weighted by Gasteiger charge is 2.18. The molecule has 1 aliphatic rings. The van der Waals surface area contributed by atoms with E-state index in [4.69, 9.17) is 16.3 Å². The molecule has 0 spiro atoms. The Bertz CT molecular complexity index is 691. The maximum absolute atomic E-state index is 12.0. The molecule has 3 rings (SSSR count). The molecule has 1 aromatic heterocycles. The zero-order chi connectivity index (χ0) is 13.4. The van der Waals surface area contributed by atoms with E-state index >= 15 is 0 Å². The fraction of sp³-hybridized carbons (Fsp3) is 0.267. The number of rotatable bonds is 2. The molecule has 3 nitrogen and oxygen atoms in total. The highest BCUT2D eigenvalue weighted by atomic mass is 35.5. The van der Waals surface area contributed by atoms with Gasteiger partial charge in [0, 0.05) is 28.8 Å². The van der Waals surface area contributed by atoms with Gasteiger partial charge in [0.05, 0.1) is 13.2 Å². The molecule has 0 N–H and O–H groups in total. The minimum Gasteiger partial charge on any atom is -0.493 e. The number of hydrogen-bond acceptors (Lipinski definition) is 2. The van der Waals surface area contributed by atoms with E-state index in [0.717, 1.165) is 28.9 Å². The molecule has 2 aromatic rings. The number of fused-ring (bicyclic) bond motifs is 1. The molecular weight excluding hydrogens is 262 g/mol. The van der Waals surface area contributed by atoms with Gasteiger partial charge in [-0.05, 0) is 30.7 Å². The Balaban J connectivity index is 2.05. The summed E-state index contributed by atoms with van der Waals surface area (Å²) in [4.78, 5) is 12.0. The maximum atomic E-state index is 12.0. The van der Waals surface area contributed by atoms with Crippen LogP contribution in [0.25, 0.3) is 0 Å². The molecule has 0 aliphatic carbocycles. The van der Waals surface area contributed by atoms with Gasteiger partial charge in [-0.25, -0.2) is 0 Å². The molecule has 0 bridgehead atoms. The third kappa shape index (κ3) is 2.26. The first-order chi connectivity index (χ1) is 9.15. The van der Waals surface area contributed by atoms with Crippen molar-refractivity contribution in [2.45, 2.75) is 19.9 Å². The van der Waals surface area contributed by atoms with Gasteiger partial charge in [-0.3, -0.25) is 4.79 Å². The van der Waals surface area contributed by atoms with Gasteiger partial charge in [0.25, 0.3) is 5.56 Å². The molecule has 1 aliphatic heterocycles. The van der Waals surface area contributed by atoms with Gasteiger partial charge in [0.2, 0.25) is 0 Å². The Labute approximate surface area is 116 Å². The lowest BCUT2D eigenvalue weighted by Crippen LogP contribution is -2.21. The summed E-state index contributed by atoms with van der Waals surface area (Å²) in [5.74, 6) is 0.887. The summed E-state index contributed by atoms with van der Waals surface area (Å²) in [7, 11) is 0. The van der Waals surface area contributed by atoms with E-state index in [9.17, 15) is 4.79 Å². The van der Waals surface area contributed by atoms with E-state index in [1.54, 1.807) is 10.8 Å². The summed E-state index contributed by atoms with van der Waals surface area (Å²) in [6.07, 6.45) is 2.67. The number of hydrogen-bond donors (Lipinski definition) is 0. The number of benzene rings is 1. The molecule has 0 saturated heterocycles. The van der Waals surface area contributed by atoms with Crippen LogP contribution in [0.2, 0.25) is 5.02 Å². The van der Waals surface area contributed by atoms with Crippen LogP contribution in [0.3, 0.4) is 0 Å². The Morgan fingerprint density at radius 1 is 1.42 bits per heavy atom. The van der Waals surface area contributed by atoms with Gasteiger partial charge in [0.1, 0.15) is 5.75 Å². The highest BCUT2D eigenvalue weighted by molar-refractivity contribution is 6.30. The molecule has 4 heteroatoms. The van der Waals surface area contributed by atoms with Crippen molar-refractivity contribution in [3.8, 4) is 5.75 Å². The van der Waals surface area contributed by atoms with Crippen LogP contribution < -0.4 is 10.3 Å². The van der Waals surface area contributed by atoms with Crippen LogP contribution >= 0.6 is 11.6 Å². The highest BCUT2D eigenvalue weighted by Crippen LogP contribution is 2.33. The van der Waals surface area contributed by atoms with Crippen molar-refractivity contribution >= 4 is 11.6 Å². The smallest absolute Gasteiger partial charge is 0.253 e. The molecule has 0 saturated carbocycles. The van der Waals surface area contributed by atoms with Crippen molar-refractivity contribution in [2.24, 2.45) is 0 Å². The van der Waals surface area contributed by atoms with E-state index in [0.29, 0.717) is 18.2 Å². The maximum Gasteiger partial charge on any atom is 0.253 e. The lowest BCUT2D eigenvalue weighted by Gasteiger charge is -2.11. The molecule has 0 radical (unpaired) electrons. The molecule has 98 valence electrons. The van der Waals surface area contributed by atoms with Crippen molar-refractivity contribution in [3.05, 3.63) is 62.5 Å². The van der Waals surface area contributed by atoms with E-state index in [1.807, 2.05) is 31.2 Å². The zero-order valence-corrected chi connectivity index (χ0v) is 11.4. The summed E-state index contributed by atoms with van der Waals surface area (Å²) in [5.41, 5.74) is 2.85. The SMILES string of the molecule is Cc1cccn(Cc2cc(Cl)cc3c2OCC3)c1=O. The summed E-state index contributed by atoms with van der Waals surface area (Å²) >= 11 is 6.12. The van der Waals surface area contributed by atoms with Gasteiger partial charge in [-0.1, -0.05) is 17.7 Å². The lowest BCUT2D eigenvalue weighted by molar-refractivity contribution is 0.352. The lowest BCUT2D eigenvalue weighted by atomic mass is 10.1. The first-order valence-corrected chi connectivity index (χ1v) is 6.63. The van der Waals surface area contributed by atoms with Gasteiger partial charge >= 0.3 is 0 Å².